The van der Waals surface area contributed by atoms with Gasteiger partial charge in [0.2, 0.25) is 11.8 Å². The Morgan fingerprint density at radius 2 is 1.79 bits per heavy atom. The molecule has 3 heterocycles. The number of halogens is 1. The lowest BCUT2D eigenvalue weighted by Crippen LogP contribution is -2.60. The highest BCUT2D eigenvalue weighted by atomic mass is 19.1. The molecular formula is C26H22FN3O4. The summed E-state index contributed by atoms with van der Waals surface area (Å²) in [5.41, 5.74) is 3.92. The van der Waals surface area contributed by atoms with Crippen molar-refractivity contribution in [3.63, 3.8) is 0 Å². The zero-order chi connectivity index (χ0) is 23.6. The maximum absolute atomic E-state index is 13.1. The van der Waals surface area contributed by atoms with Gasteiger partial charge in [-0.3, -0.25) is 24.5 Å². The number of likely N-dealkylation sites (tertiary alicyclic amines) is 1. The van der Waals surface area contributed by atoms with Gasteiger partial charge in [-0.15, -0.1) is 0 Å². The zero-order valence-electron chi connectivity index (χ0n) is 18.3. The molecule has 1 unspecified atom stereocenters. The fourth-order valence-electron chi connectivity index (χ4n) is 5.52. The molecule has 2 saturated heterocycles. The Balaban J connectivity index is 1.12. The fraction of sp³-hybridized carbons (Fsp3) is 0.308. The summed E-state index contributed by atoms with van der Waals surface area (Å²) in [5, 5.41) is 2.29. The van der Waals surface area contributed by atoms with Crippen LogP contribution in [0.15, 0.2) is 48.5 Å². The first-order valence-electron chi connectivity index (χ1n) is 11.4. The summed E-state index contributed by atoms with van der Waals surface area (Å²) < 4.78 is 13.1. The Labute approximate surface area is 195 Å². The Morgan fingerprint density at radius 3 is 2.50 bits per heavy atom. The molecule has 0 radical (unpaired) electrons. The van der Waals surface area contributed by atoms with E-state index >= 15 is 0 Å². The molecule has 6 rings (SSSR count). The Bertz CT molecular complexity index is 1290. The van der Waals surface area contributed by atoms with Gasteiger partial charge in [0, 0.05) is 42.6 Å². The molecule has 2 fully saturated rings. The second-order valence-corrected chi connectivity index (χ2v) is 9.65. The van der Waals surface area contributed by atoms with E-state index in [4.69, 9.17) is 0 Å². The van der Waals surface area contributed by atoms with Gasteiger partial charge in [-0.2, -0.15) is 0 Å². The van der Waals surface area contributed by atoms with Gasteiger partial charge >= 0.3 is 0 Å². The predicted molar refractivity (Wildman–Crippen MR) is 120 cm³/mol. The lowest BCUT2D eigenvalue weighted by Gasteiger charge is -2.54. The molecule has 1 spiro atoms. The van der Waals surface area contributed by atoms with Crippen LogP contribution in [-0.2, 0) is 16.1 Å². The molecule has 2 aromatic carbocycles. The number of benzene rings is 2. The van der Waals surface area contributed by atoms with Gasteiger partial charge in [-0.1, -0.05) is 18.2 Å². The number of carbonyl (C=O) groups is 4. The number of fused-ring (bicyclic) bond motifs is 1. The number of hydrogen-bond acceptors (Lipinski definition) is 4. The Hall–Kier alpha value is -3.81. The van der Waals surface area contributed by atoms with E-state index < -0.39 is 11.9 Å². The summed E-state index contributed by atoms with van der Waals surface area (Å²) in [4.78, 5) is 52.8. The van der Waals surface area contributed by atoms with Crippen molar-refractivity contribution in [2.45, 2.75) is 31.8 Å². The van der Waals surface area contributed by atoms with Crippen molar-refractivity contribution < 1.29 is 23.6 Å². The SMILES string of the molecule is O=C1CCC(N2Cc3cc(C(=O)N4CC5(C=C(c6ccc(F)cc6)C5)C4)ccc3C2=O)C(=O)N1. The van der Waals surface area contributed by atoms with Crippen LogP contribution in [0.1, 0.15) is 51.1 Å². The molecule has 4 amide bonds. The Morgan fingerprint density at radius 1 is 1.06 bits per heavy atom. The number of carbonyl (C=O) groups excluding carboxylic acids is 4. The van der Waals surface area contributed by atoms with Gasteiger partial charge in [-0.25, -0.2) is 4.39 Å². The van der Waals surface area contributed by atoms with Crippen molar-refractivity contribution in [1.29, 1.82) is 0 Å². The van der Waals surface area contributed by atoms with E-state index in [1.807, 2.05) is 0 Å². The van der Waals surface area contributed by atoms with Gasteiger partial charge in [-0.05, 0) is 59.9 Å². The Kier molecular flexibility index (Phi) is 4.49. The van der Waals surface area contributed by atoms with Crippen LogP contribution in [0.4, 0.5) is 4.39 Å². The lowest BCUT2D eigenvalue weighted by atomic mass is 9.64. The third kappa shape index (κ3) is 3.24. The first-order chi connectivity index (χ1) is 16.3. The summed E-state index contributed by atoms with van der Waals surface area (Å²) in [6.07, 6.45) is 3.55. The highest BCUT2D eigenvalue weighted by Gasteiger charge is 2.49. The van der Waals surface area contributed by atoms with Crippen LogP contribution in [0.25, 0.3) is 5.57 Å². The van der Waals surface area contributed by atoms with Crippen molar-refractivity contribution in [3.8, 4) is 0 Å². The minimum absolute atomic E-state index is 0.00531. The molecule has 2 aromatic rings. The minimum Gasteiger partial charge on any atom is -0.337 e. The minimum atomic E-state index is -0.673. The largest absolute Gasteiger partial charge is 0.337 e. The van der Waals surface area contributed by atoms with Crippen LogP contribution < -0.4 is 5.32 Å². The maximum Gasteiger partial charge on any atom is 0.255 e. The first kappa shape index (κ1) is 20.8. The number of allylic oxidation sites excluding steroid dienone is 1. The van der Waals surface area contributed by atoms with Gasteiger partial charge in [0.1, 0.15) is 11.9 Å². The first-order valence-corrected chi connectivity index (χ1v) is 11.4. The van der Waals surface area contributed by atoms with Crippen molar-refractivity contribution in [1.82, 2.24) is 15.1 Å². The molecule has 1 atom stereocenters. The second kappa shape index (κ2) is 7.35. The van der Waals surface area contributed by atoms with E-state index in [9.17, 15) is 23.6 Å². The number of piperidine rings is 1. The number of hydrogen-bond donors (Lipinski definition) is 1. The monoisotopic (exact) mass is 459 g/mol. The standard InChI is InChI=1S/C26H22FN3O4/c27-19-4-1-15(2-5-19)18-10-26(11-18)13-29(14-26)24(33)16-3-6-20-17(9-16)12-30(25(20)34)21-7-8-22(31)28-23(21)32/h1-6,9-10,21H,7-8,11-14H2,(H,28,31,32). The van der Waals surface area contributed by atoms with Crippen molar-refractivity contribution in [2.75, 3.05) is 13.1 Å². The quantitative estimate of drug-likeness (QED) is 0.715. The summed E-state index contributed by atoms with van der Waals surface area (Å²) in [5.74, 6) is -1.36. The molecule has 0 aromatic heterocycles. The average Bonchev–Trinajstić information content (AvgIpc) is 3.08. The molecule has 172 valence electrons. The fourth-order valence-corrected chi connectivity index (χ4v) is 5.52. The van der Waals surface area contributed by atoms with E-state index in [-0.39, 0.29) is 41.9 Å². The lowest BCUT2D eigenvalue weighted by molar-refractivity contribution is -0.136. The number of nitrogens with one attached hydrogen (secondary N) is 1. The molecule has 4 aliphatic rings. The summed E-state index contributed by atoms with van der Waals surface area (Å²) in [6.45, 7) is 1.51. The van der Waals surface area contributed by atoms with Gasteiger partial charge in [0.05, 0.1) is 0 Å². The smallest absolute Gasteiger partial charge is 0.255 e. The second-order valence-electron chi connectivity index (χ2n) is 9.65. The van der Waals surface area contributed by atoms with Crippen LogP contribution >= 0.6 is 0 Å². The molecule has 8 heteroatoms. The van der Waals surface area contributed by atoms with Gasteiger partial charge in [0.25, 0.3) is 11.8 Å². The van der Waals surface area contributed by atoms with Crippen molar-refractivity contribution in [3.05, 3.63) is 76.6 Å². The van der Waals surface area contributed by atoms with E-state index in [0.29, 0.717) is 30.6 Å². The van der Waals surface area contributed by atoms with Crippen LogP contribution in [0.3, 0.4) is 0 Å². The van der Waals surface area contributed by atoms with Crippen molar-refractivity contribution >= 4 is 29.2 Å². The zero-order valence-corrected chi connectivity index (χ0v) is 18.3. The number of nitrogens with zero attached hydrogens (tertiary/aromatic N) is 2. The number of imide groups is 1. The van der Waals surface area contributed by atoms with Gasteiger partial charge < -0.3 is 9.80 Å². The van der Waals surface area contributed by atoms with E-state index in [1.165, 1.54) is 22.6 Å². The molecule has 1 N–H and O–H groups in total. The molecule has 0 saturated carbocycles. The third-order valence-corrected chi connectivity index (χ3v) is 7.31. The van der Waals surface area contributed by atoms with Crippen molar-refractivity contribution in [2.24, 2.45) is 5.41 Å². The highest BCUT2D eigenvalue weighted by Crippen LogP contribution is 2.50. The maximum atomic E-state index is 13.1. The van der Waals surface area contributed by atoms with Gasteiger partial charge in [0.15, 0.2) is 0 Å². The van der Waals surface area contributed by atoms with E-state index in [1.54, 1.807) is 35.2 Å². The topological polar surface area (TPSA) is 86.8 Å². The predicted octanol–water partition coefficient (Wildman–Crippen LogP) is 2.52. The summed E-state index contributed by atoms with van der Waals surface area (Å²) in [6, 6.07) is 10.9. The van der Waals surface area contributed by atoms with Crippen LogP contribution in [0, 0.1) is 11.2 Å². The third-order valence-electron chi connectivity index (χ3n) is 7.31. The summed E-state index contributed by atoms with van der Waals surface area (Å²) in [7, 11) is 0. The van der Waals surface area contributed by atoms with Crippen LogP contribution in [0.2, 0.25) is 0 Å². The van der Waals surface area contributed by atoms with Crippen LogP contribution in [-0.4, -0.2) is 52.6 Å². The molecule has 7 nitrogen and oxygen atoms in total. The molecule has 0 bridgehead atoms. The normalized spacial score (nSPS) is 22.7. The molecular weight excluding hydrogens is 437 g/mol. The van der Waals surface area contributed by atoms with E-state index in [0.717, 1.165) is 17.5 Å². The molecule has 3 aliphatic heterocycles. The highest BCUT2D eigenvalue weighted by molar-refractivity contribution is 6.06. The summed E-state index contributed by atoms with van der Waals surface area (Å²) >= 11 is 0. The average molecular weight is 459 g/mol. The van der Waals surface area contributed by atoms with E-state index in [2.05, 4.69) is 11.4 Å². The number of amides is 4. The molecule has 34 heavy (non-hydrogen) atoms. The molecule has 1 aliphatic carbocycles. The number of rotatable bonds is 3. The van der Waals surface area contributed by atoms with Crippen LogP contribution in [0.5, 0.6) is 0 Å².